The quantitative estimate of drug-likeness (QED) is 0.442. The Morgan fingerprint density at radius 3 is 2.32 bits per heavy atom. The first-order valence-corrected chi connectivity index (χ1v) is 7.64. The molecule has 2 aromatic rings. The van der Waals surface area contributed by atoms with Gasteiger partial charge in [0.15, 0.2) is 0 Å². The minimum atomic E-state index is -3.65. The Morgan fingerprint density at radius 1 is 1.14 bits per heavy atom. The predicted molar refractivity (Wildman–Crippen MR) is 77.5 cm³/mol. The standard InChI is InChI=1S/C13H11N2O5S.K/c1-21(18,19)14-12-8-7-10(15(16)17)9-13(12)20-11-5-3-2-4-6-11;/h2-9H,1H3;/q-1;+1. The van der Waals surface area contributed by atoms with Crippen molar-refractivity contribution < 1.29 is 69.5 Å². The Labute approximate surface area is 170 Å². The van der Waals surface area contributed by atoms with Crippen molar-refractivity contribution in [3.8, 4) is 11.5 Å². The predicted octanol–water partition coefficient (Wildman–Crippen LogP) is 0.356. The van der Waals surface area contributed by atoms with E-state index < -0.39 is 14.9 Å². The van der Waals surface area contributed by atoms with Gasteiger partial charge in [0, 0.05) is 12.3 Å². The molecule has 0 aliphatic carbocycles. The van der Waals surface area contributed by atoms with Crippen LogP contribution in [-0.4, -0.2) is 19.6 Å². The molecule has 0 amide bonds. The van der Waals surface area contributed by atoms with Gasteiger partial charge >= 0.3 is 51.4 Å². The number of rotatable bonds is 5. The molecule has 0 N–H and O–H groups in total. The molecule has 0 aliphatic heterocycles. The summed E-state index contributed by atoms with van der Waals surface area (Å²) in [5, 5.41) is 10.8. The van der Waals surface area contributed by atoms with E-state index in [0.717, 1.165) is 12.3 Å². The third-order valence-electron chi connectivity index (χ3n) is 2.39. The smallest absolute Gasteiger partial charge is 0.574 e. The van der Waals surface area contributed by atoms with E-state index in [-0.39, 0.29) is 68.5 Å². The molecule has 0 bridgehead atoms. The van der Waals surface area contributed by atoms with Gasteiger partial charge in [0.2, 0.25) is 0 Å². The van der Waals surface area contributed by atoms with Gasteiger partial charge in [-0.15, -0.1) is 0 Å². The van der Waals surface area contributed by atoms with Crippen LogP contribution in [-0.2, 0) is 10.0 Å². The second kappa shape index (κ2) is 8.04. The van der Waals surface area contributed by atoms with Crippen LogP contribution in [0.2, 0.25) is 0 Å². The summed E-state index contributed by atoms with van der Waals surface area (Å²) in [7, 11) is -3.65. The molecule has 0 aliphatic rings. The van der Waals surface area contributed by atoms with Crippen molar-refractivity contribution in [1.82, 2.24) is 0 Å². The number of benzene rings is 2. The normalized spacial score (nSPS) is 10.4. The van der Waals surface area contributed by atoms with Crippen molar-refractivity contribution in [2.24, 2.45) is 0 Å². The molecule has 2 rings (SSSR count). The number of hydrogen-bond acceptors (Lipinski definition) is 5. The Bertz CT molecular complexity index is 765. The SMILES string of the molecule is CS(=O)(=O)[N-]c1ccc([N+](=O)[O-])cc1Oc1ccccc1.[K+]. The average molecular weight is 346 g/mol. The summed E-state index contributed by atoms with van der Waals surface area (Å²) in [5.74, 6) is 0.420. The average Bonchev–Trinajstić information content (AvgIpc) is 2.40. The molecule has 0 aromatic heterocycles. The van der Waals surface area contributed by atoms with Crippen LogP contribution in [0.3, 0.4) is 0 Å². The Balaban J connectivity index is 0.00000242. The number of para-hydroxylation sites is 1. The fraction of sp³-hybridized carbons (Fsp3) is 0.0769. The van der Waals surface area contributed by atoms with Crippen LogP contribution in [0.15, 0.2) is 48.5 Å². The number of nitrogens with zero attached hydrogens (tertiary/aromatic N) is 2. The maximum atomic E-state index is 11.3. The molecule has 0 unspecified atom stereocenters. The zero-order valence-electron chi connectivity index (χ0n) is 12.0. The van der Waals surface area contributed by atoms with Crippen LogP contribution >= 0.6 is 0 Å². The van der Waals surface area contributed by atoms with E-state index in [4.69, 9.17) is 4.74 Å². The molecule has 22 heavy (non-hydrogen) atoms. The van der Waals surface area contributed by atoms with E-state index in [2.05, 4.69) is 4.72 Å². The van der Waals surface area contributed by atoms with E-state index >= 15 is 0 Å². The zero-order chi connectivity index (χ0) is 15.5. The second-order valence-corrected chi connectivity index (χ2v) is 5.80. The van der Waals surface area contributed by atoms with E-state index in [1.54, 1.807) is 30.3 Å². The van der Waals surface area contributed by atoms with Crippen LogP contribution in [0, 0.1) is 10.1 Å². The first-order chi connectivity index (χ1) is 9.85. The third kappa shape index (κ3) is 5.67. The third-order valence-corrected chi connectivity index (χ3v) is 2.92. The van der Waals surface area contributed by atoms with E-state index in [1.165, 1.54) is 12.1 Å². The maximum absolute atomic E-state index is 11.3. The molecule has 110 valence electrons. The summed E-state index contributed by atoms with van der Waals surface area (Å²) in [6.07, 6.45) is 0.931. The molecular weight excluding hydrogens is 335 g/mol. The topological polar surface area (TPSA) is 101 Å². The van der Waals surface area contributed by atoms with E-state index in [9.17, 15) is 18.5 Å². The number of nitro groups is 1. The molecular formula is C13H11KN2O5S. The Hall–Kier alpha value is -0.974. The van der Waals surface area contributed by atoms with Gasteiger partial charge in [0.1, 0.15) is 11.5 Å². The maximum Gasteiger partial charge on any atom is 1.00 e. The summed E-state index contributed by atoms with van der Waals surface area (Å²) in [6.45, 7) is 0. The molecule has 0 atom stereocenters. The summed E-state index contributed by atoms with van der Waals surface area (Å²) < 4.78 is 31.5. The van der Waals surface area contributed by atoms with Gasteiger partial charge in [-0.2, -0.15) is 0 Å². The van der Waals surface area contributed by atoms with E-state index in [1.807, 2.05) is 0 Å². The monoisotopic (exact) mass is 346 g/mol. The van der Waals surface area contributed by atoms with Crippen LogP contribution in [0.4, 0.5) is 11.4 Å². The number of sulfonamides is 1. The molecule has 0 saturated heterocycles. The molecule has 7 nitrogen and oxygen atoms in total. The van der Waals surface area contributed by atoms with Crippen LogP contribution in [0.1, 0.15) is 0 Å². The van der Waals surface area contributed by atoms with Gasteiger partial charge in [-0.1, -0.05) is 30.0 Å². The van der Waals surface area contributed by atoms with Crippen LogP contribution in [0.5, 0.6) is 11.5 Å². The second-order valence-electron chi connectivity index (χ2n) is 4.15. The van der Waals surface area contributed by atoms with Crippen molar-refractivity contribution in [2.75, 3.05) is 6.26 Å². The fourth-order valence-electron chi connectivity index (χ4n) is 1.57. The summed E-state index contributed by atoms with van der Waals surface area (Å²) in [4.78, 5) is 10.2. The molecule has 0 radical (unpaired) electrons. The molecule has 9 heteroatoms. The van der Waals surface area contributed by atoms with Gasteiger partial charge in [0.25, 0.3) is 5.69 Å². The van der Waals surface area contributed by atoms with Gasteiger partial charge < -0.3 is 9.46 Å². The number of nitro benzene ring substituents is 1. The van der Waals surface area contributed by atoms with Crippen molar-refractivity contribution >= 4 is 21.4 Å². The van der Waals surface area contributed by atoms with Crippen molar-refractivity contribution in [1.29, 1.82) is 0 Å². The molecule has 0 fully saturated rings. The minimum Gasteiger partial charge on any atom is -0.574 e. The van der Waals surface area contributed by atoms with Gasteiger partial charge in [-0.25, -0.2) is 8.42 Å². The van der Waals surface area contributed by atoms with Crippen molar-refractivity contribution in [3.63, 3.8) is 0 Å². The largest absolute Gasteiger partial charge is 1.00 e. The molecule has 0 spiro atoms. The first kappa shape index (κ1) is 19.1. The van der Waals surface area contributed by atoms with Gasteiger partial charge in [0.05, 0.1) is 21.0 Å². The molecule has 0 heterocycles. The Kier molecular flexibility index (Phi) is 6.97. The molecule has 2 aromatic carbocycles. The van der Waals surface area contributed by atoms with Crippen molar-refractivity contribution in [3.05, 3.63) is 63.4 Å². The number of ether oxygens (including phenoxy) is 1. The first-order valence-electron chi connectivity index (χ1n) is 5.79. The molecule has 0 saturated carbocycles. The van der Waals surface area contributed by atoms with Crippen molar-refractivity contribution in [2.45, 2.75) is 0 Å². The minimum absolute atomic E-state index is 0. The number of hydrogen-bond donors (Lipinski definition) is 0. The summed E-state index contributed by atoms with van der Waals surface area (Å²) >= 11 is 0. The van der Waals surface area contributed by atoms with E-state index in [0.29, 0.717) is 5.75 Å². The fourth-order valence-corrected chi connectivity index (χ4v) is 2.08. The van der Waals surface area contributed by atoms with Gasteiger partial charge in [-0.3, -0.25) is 10.1 Å². The van der Waals surface area contributed by atoms with Crippen LogP contribution in [0.25, 0.3) is 4.72 Å². The number of non-ortho nitro benzene ring substituents is 1. The summed E-state index contributed by atoms with van der Waals surface area (Å²) in [5.41, 5.74) is -0.208. The zero-order valence-corrected chi connectivity index (χ0v) is 15.9. The van der Waals surface area contributed by atoms with Crippen LogP contribution < -0.4 is 56.1 Å². The van der Waals surface area contributed by atoms with Gasteiger partial charge in [-0.05, 0) is 12.1 Å². The summed E-state index contributed by atoms with van der Waals surface area (Å²) in [6, 6.07) is 12.0. The Morgan fingerprint density at radius 2 is 1.77 bits per heavy atom.